The molecule has 34 heavy (non-hydrogen) atoms. The van der Waals surface area contributed by atoms with Gasteiger partial charge >= 0.3 is 0 Å². The van der Waals surface area contributed by atoms with Gasteiger partial charge in [-0.1, -0.05) is 11.6 Å². The Hall–Kier alpha value is -4.49. The molecule has 9 nitrogen and oxygen atoms in total. The number of nitrogens with one attached hydrogen (secondary N) is 3. The number of aromatic nitrogens is 4. The van der Waals surface area contributed by atoms with Crippen molar-refractivity contribution in [2.75, 3.05) is 29.6 Å². The molecule has 3 N–H and O–H groups in total. The van der Waals surface area contributed by atoms with Crippen molar-refractivity contribution in [2.45, 2.75) is 0 Å². The molecule has 0 bridgehead atoms. The quantitative estimate of drug-likeness (QED) is 0.276. The van der Waals surface area contributed by atoms with E-state index in [1.165, 1.54) is 36.8 Å². The smallest absolute Gasteiger partial charge is 0.266 e. The summed E-state index contributed by atoms with van der Waals surface area (Å²) in [5.41, 5.74) is 2.13. The molecule has 0 radical (unpaired) electrons. The molecule has 4 aromatic rings. The maximum Gasteiger partial charge on any atom is 0.266 e. The molecule has 2 aromatic heterocycles. The van der Waals surface area contributed by atoms with Crippen molar-refractivity contribution in [2.24, 2.45) is 0 Å². The molecule has 0 saturated heterocycles. The number of nitriles is 1. The summed E-state index contributed by atoms with van der Waals surface area (Å²) in [5.74, 6) is -0.315. The van der Waals surface area contributed by atoms with Gasteiger partial charge in [-0.25, -0.2) is 19.3 Å². The Morgan fingerprint density at radius 2 is 2.06 bits per heavy atom. The average molecular weight is 477 g/mol. The number of carbonyl (C=O) groups is 1. The zero-order valence-corrected chi connectivity index (χ0v) is 18.9. The molecule has 1 amide bonds. The van der Waals surface area contributed by atoms with Crippen LogP contribution in [0.4, 0.5) is 27.3 Å². The number of carbonyl (C=O) groups excluding carboxylic acids is 1. The van der Waals surface area contributed by atoms with Crippen LogP contribution in [0.1, 0.15) is 5.82 Å². The van der Waals surface area contributed by atoms with Gasteiger partial charge in [0.25, 0.3) is 5.91 Å². The second-order valence-electron chi connectivity index (χ2n) is 7.36. The number of benzene rings is 2. The minimum atomic E-state index is -0.599. The highest BCUT2D eigenvalue weighted by Crippen LogP contribution is 2.34. The zero-order valence-electron chi connectivity index (χ0n) is 18.1. The number of anilines is 4. The lowest BCUT2D eigenvalue weighted by Crippen LogP contribution is -2.18. The van der Waals surface area contributed by atoms with Gasteiger partial charge in [-0.2, -0.15) is 5.26 Å². The van der Waals surface area contributed by atoms with Gasteiger partial charge in [-0.3, -0.25) is 4.79 Å². The van der Waals surface area contributed by atoms with Crippen molar-refractivity contribution >= 4 is 57.4 Å². The van der Waals surface area contributed by atoms with Crippen LogP contribution >= 0.6 is 11.6 Å². The van der Waals surface area contributed by atoms with Crippen molar-refractivity contribution in [3.8, 4) is 6.07 Å². The standard InChI is InChI=1S/C23H18ClFN8O/c1-33(2)20-10-18-15(22(30-12-29-18)31-14-3-4-17(25)16(24)8-14)9-19(20)32-23(34)13(11-26)7-21-27-5-6-28-21/h3-10,12H,1-2H3,(H,27,28)(H,32,34)(H,29,30,31). The van der Waals surface area contributed by atoms with Gasteiger partial charge in [0.15, 0.2) is 0 Å². The fourth-order valence-corrected chi connectivity index (χ4v) is 3.38. The first-order valence-electron chi connectivity index (χ1n) is 9.96. The van der Waals surface area contributed by atoms with E-state index in [1.54, 1.807) is 18.3 Å². The summed E-state index contributed by atoms with van der Waals surface area (Å²) in [6.07, 6.45) is 5.87. The zero-order chi connectivity index (χ0) is 24.2. The molecule has 0 unspecified atom stereocenters. The van der Waals surface area contributed by atoms with Crippen LogP contribution < -0.4 is 15.5 Å². The molecule has 11 heteroatoms. The van der Waals surface area contributed by atoms with E-state index >= 15 is 0 Å². The summed E-state index contributed by atoms with van der Waals surface area (Å²) in [4.78, 5) is 30.1. The maximum atomic E-state index is 13.5. The van der Waals surface area contributed by atoms with Crippen LogP contribution in [0.15, 0.2) is 54.6 Å². The number of H-pyrrole nitrogens is 1. The van der Waals surface area contributed by atoms with Gasteiger partial charge in [0.2, 0.25) is 0 Å². The number of hydrogen-bond donors (Lipinski definition) is 3. The number of amides is 1. The minimum Gasteiger partial charge on any atom is -0.376 e. The van der Waals surface area contributed by atoms with E-state index in [9.17, 15) is 14.4 Å². The Labute approximate surface area is 198 Å². The van der Waals surface area contributed by atoms with Crippen LogP contribution in [0.5, 0.6) is 0 Å². The number of aromatic amines is 1. The lowest BCUT2D eigenvalue weighted by molar-refractivity contribution is -0.112. The second-order valence-corrected chi connectivity index (χ2v) is 7.76. The Bertz CT molecular complexity index is 1440. The Balaban J connectivity index is 1.74. The average Bonchev–Trinajstić information content (AvgIpc) is 3.33. The molecule has 2 heterocycles. The number of nitrogens with zero attached hydrogens (tertiary/aromatic N) is 5. The summed E-state index contributed by atoms with van der Waals surface area (Å²) in [6.45, 7) is 0. The molecule has 0 atom stereocenters. The third-order valence-corrected chi connectivity index (χ3v) is 5.12. The van der Waals surface area contributed by atoms with Crippen LogP contribution in [0.2, 0.25) is 5.02 Å². The molecule has 4 rings (SSSR count). The number of hydrogen-bond acceptors (Lipinski definition) is 7. The highest BCUT2D eigenvalue weighted by atomic mass is 35.5. The third kappa shape index (κ3) is 4.79. The first kappa shape index (κ1) is 22.7. The SMILES string of the molecule is CN(C)c1cc2ncnc(Nc3ccc(F)c(Cl)c3)c2cc1NC(=O)C(C#N)=Cc1ncc[nH]1. The van der Waals surface area contributed by atoms with E-state index in [1.807, 2.05) is 25.1 Å². The van der Waals surface area contributed by atoms with Gasteiger partial charge in [0.1, 0.15) is 35.4 Å². The summed E-state index contributed by atoms with van der Waals surface area (Å²) in [7, 11) is 3.64. The minimum absolute atomic E-state index is 0.0291. The predicted octanol–water partition coefficient (Wildman–Crippen LogP) is 4.50. The molecule has 0 aliphatic carbocycles. The van der Waals surface area contributed by atoms with E-state index in [4.69, 9.17) is 11.6 Å². The van der Waals surface area contributed by atoms with Crippen molar-refractivity contribution in [1.29, 1.82) is 5.26 Å². The van der Waals surface area contributed by atoms with Crippen molar-refractivity contribution in [1.82, 2.24) is 19.9 Å². The van der Waals surface area contributed by atoms with E-state index < -0.39 is 11.7 Å². The highest BCUT2D eigenvalue weighted by molar-refractivity contribution is 6.31. The summed E-state index contributed by atoms with van der Waals surface area (Å²) in [6, 6.07) is 9.62. The Morgan fingerprint density at radius 1 is 1.24 bits per heavy atom. The molecule has 0 saturated carbocycles. The number of rotatable bonds is 6. The first-order valence-corrected chi connectivity index (χ1v) is 10.3. The maximum absolute atomic E-state index is 13.5. The fourth-order valence-electron chi connectivity index (χ4n) is 3.20. The second kappa shape index (κ2) is 9.56. The third-order valence-electron chi connectivity index (χ3n) is 4.83. The van der Waals surface area contributed by atoms with E-state index in [0.29, 0.717) is 39.6 Å². The number of halogens is 2. The highest BCUT2D eigenvalue weighted by Gasteiger charge is 2.17. The van der Waals surface area contributed by atoms with E-state index in [-0.39, 0.29) is 10.6 Å². The van der Waals surface area contributed by atoms with Crippen LogP contribution in [0, 0.1) is 17.1 Å². The monoisotopic (exact) mass is 476 g/mol. The molecular weight excluding hydrogens is 459 g/mol. The molecule has 0 aliphatic heterocycles. The van der Waals surface area contributed by atoms with Crippen LogP contribution in [0.25, 0.3) is 17.0 Å². The topological polar surface area (TPSA) is 123 Å². The van der Waals surface area contributed by atoms with Gasteiger partial charge in [-0.15, -0.1) is 0 Å². The Morgan fingerprint density at radius 3 is 2.74 bits per heavy atom. The molecule has 0 aliphatic rings. The molecular formula is C23H18ClFN8O. The van der Waals surface area contributed by atoms with Crippen molar-refractivity contribution < 1.29 is 9.18 Å². The predicted molar refractivity (Wildman–Crippen MR) is 129 cm³/mol. The van der Waals surface area contributed by atoms with Gasteiger partial charge in [-0.05, 0) is 30.3 Å². The lowest BCUT2D eigenvalue weighted by Gasteiger charge is -2.19. The normalized spacial score (nSPS) is 11.2. The van der Waals surface area contributed by atoms with Crippen molar-refractivity contribution in [3.05, 3.63) is 71.3 Å². The van der Waals surface area contributed by atoms with Crippen LogP contribution in [-0.2, 0) is 4.79 Å². The summed E-state index contributed by atoms with van der Waals surface area (Å²) in [5, 5.41) is 15.9. The molecule has 0 fully saturated rings. The van der Waals surface area contributed by atoms with Gasteiger partial charge in [0.05, 0.1) is 21.9 Å². The lowest BCUT2D eigenvalue weighted by atomic mass is 10.1. The first-order chi connectivity index (χ1) is 16.4. The summed E-state index contributed by atoms with van der Waals surface area (Å²) < 4.78 is 13.5. The van der Waals surface area contributed by atoms with Gasteiger partial charge < -0.3 is 20.5 Å². The van der Waals surface area contributed by atoms with E-state index in [0.717, 1.165) is 0 Å². The largest absolute Gasteiger partial charge is 0.376 e. The fraction of sp³-hybridized carbons (Fsp3) is 0.0870. The summed E-state index contributed by atoms with van der Waals surface area (Å²) >= 11 is 5.89. The molecule has 0 spiro atoms. The molecule has 170 valence electrons. The van der Waals surface area contributed by atoms with Crippen LogP contribution in [-0.4, -0.2) is 39.9 Å². The van der Waals surface area contributed by atoms with E-state index in [2.05, 4.69) is 30.6 Å². The Kier molecular flexibility index (Phi) is 6.38. The van der Waals surface area contributed by atoms with Crippen molar-refractivity contribution in [3.63, 3.8) is 0 Å². The number of imidazole rings is 1. The number of fused-ring (bicyclic) bond motifs is 1. The molecule has 2 aromatic carbocycles. The van der Waals surface area contributed by atoms with Gasteiger partial charge in [0, 0.05) is 43.6 Å². The van der Waals surface area contributed by atoms with Crippen LogP contribution in [0.3, 0.4) is 0 Å².